The van der Waals surface area contributed by atoms with E-state index in [-0.39, 0.29) is 36.1 Å². The van der Waals surface area contributed by atoms with Gasteiger partial charge in [0.05, 0.1) is 0 Å². The van der Waals surface area contributed by atoms with Crippen LogP contribution in [0, 0.1) is 11.6 Å². The topological polar surface area (TPSA) is 36.4 Å². The molecule has 2 N–H and O–H groups in total. The Morgan fingerprint density at radius 2 is 2.00 bits per heavy atom. The van der Waals surface area contributed by atoms with E-state index in [0.29, 0.717) is 10.4 Å². The number of nitrogens with one attached hydrogen (secondary N) is 2. The highest BCUT2D eigenvalue weighted by atomic mass is 127. The van der Waals surface area contributed by atoms with Gasteiger partial charge in [-0.25, -0.2) is 8.78 Å². The summed E-state index contributed by atoms with van der Waals surface area (Å²) in [4.78, 5) is 4.16. The van der Waals surface area contributed by atoms with Crippen LogP contribution in [0.25, 0.3) is 0 Å². The molecule has 3 nitrogen and oxygen atoms in total. The summed E-state index contributed by atoms with van der Waals surface area (Å²) in [5.74, 6) is -0.542. The van der Waals surface area contributed by atoms with Crippen molar-refractivity contribution in [2.75, 3.05) is 13.1 Å². The molecule has 1 aliphatic heterocycles. The van der Waals surface area contributed by atoms with Crippen LogP contribution in [0.2, 0.25) is 0 Å². The summed E-state index contributed by atoms with van der Waals surface area (Å²) >= 11 is 3.04. The molecule has 0 aromatic heterocycles. The van der Waals surface area contributed by atoms with Gasteiger partial charge in [0.1, 0.15) is 11.6 Å². The third kappa shape index (κ3) is 4.04. The Balaban J connectivity index is 0.00000162. The molecular weight excluding hydrogens is 419 g/mol. The van der Waals surface area contributed by atoms with Gasteiger partial charge >= 0.3 is 0 Å². The molecule has 18 heavy (non-hydrogen) atoms. The first-order valence-electron chi connectivity index (χ1n) is 5.32. The molecule has 0 radical (unpaired) electrons. The van der Waals surface area contributed by atoms with Crippen molar-refractivity contribution in [3.8, 4) is 0 Å². The lowest BCUT2D eigenvalue weighted by molar-refractivity contribution is 0.547. The molecule has 0 amide bonds. The molecule has 0 spiro atoms. The number of aliphatic imine (C=N–C) groups is 1. The zero-order valence-electron chi connectivity index (χ0n) is 9.47. The summed E-state index contributed by atoms with van der Waals surface area (Å²) in [6.45, 7) is 1.65. The van der Waals surface area contributed by atoms with E-state index in [9.17, 15) is 8.78 Å². The maximum absolute atomic E-state index is 13.5. The SMILES string of the molecule is Fc1cc(Br)cc(F)c1CNC1=NCCCN1.I. The summed E-state index contributed by atoms with van der Waals surface area (Å²) in [7, 11) is 0. The van der Waals surface area contributed by atoms with Crippen molar-refractivity contribution < 1.29 is 8.78 Å². The molecular formula is C11H13BrF2IN3. The summed E-state index contributed by atoms with van der Waals surface area (Å²) in [5, 5.41) is 5.91. The van der Waals surface area contributed by atoms with Gasteiger partial charge in [-0.1, -0.05) is 15.9 Å². The molecule has 2 rings (SSSR count). The van der Waals surface area contributed by atoms with Gasteiger partial charge in [-0.3, -0.25) is 4.99 Å². The largest absolute Gasteiger partial charge is 0.356 e. The maximum Gasteiger partial charge on any atom is 0.191 e. The Kier molecular flexibility index (Phi) is 6.27. The highest BCUT2D eigenvalue weighted by molar-refractivity contribution is 14.0. The second-order valence-corrected chi connectivity index (χ2v) is 4.63. The predicted octanol–water partition coefficient (Wildman–Crippen LogP) is 2.78. The number of hydrogen-bond donors (Lipinski definition) is 2. The van der Waals surface area contributed by atoms with E-state index < -0.39 is 11.6 Å². The fraction of sp³-hybridized carbons (Fsp3) is 0.364. The van der Waals surface area contributed by atoms with Crippen LogP contribution in [0.4, 0.5) is 8.78 Å². The second-order valence-electron chi connectivity index (χ2n) is 3.71. The van der Waals surface area contributed by atoms with Crippen molar-refractivity contribution in [1.82, 2.24) is 10.6 Å². The Morgan fingerprint density at radius 3 is 2.56 bits per heavy atom. The Morgan fingerprint density at radius 1 is 1.33 bits per heavy atom. The fourth-order valence-electron chi connectivity index (χ4n) is 1.56. The standard InChI is InChI=1S/C11H12BrF2N3.HI/c12-7-4-9(13)8(10(14)5-7)6-17-11-15-2-1-3-16-11;/h4-5H,1-3,6H2,(H2,15,16,17);1H. The third-order valence-corrected chi connectivity index (χ3v) is 2.89. The normalized spacial score (nSPS) is 14.3. The van der Waals surface area contributed by atoms with Gasteiger partial charge in [-0.05, 0) is 18.6 Å². The maximum atomic E-state index is 13.5. The van der Waals surface area contributed by atoms with Crippen molar-refractivity contribution in [1.29, 1.82) is 0 Å². The zero-order valence-corrected chi connectivity index (χ0v) is 13.4. The molecule has 0 unspecified atom stereocenters. The van der Waals surface area contributed by atoms with Crippen LogP contribution in [0.3, 0.4) is 0 Å². The quantitative estimate of drug-likeness (QED) is 0.706. The van der Waals surface area contributed by atoms with E-state index in [1.807, 2.05) is 0 Å². The molecule has 1 aliphatic rings. The Hall–Kier alpha value is -0.440. The smallest absolute Gasteiger partial charge is 0.191 e. The minimum absolute atomic E-state index is 0. The summed E-state index contributed by atoms with van der Waals surface area (Å²) in [6, 6.07) is 2.49. The molecule has 0 saturated carbocycles. The number of benzene rings is 1. The molecule has 7 heteroatoms. The lowest BCUT2D eigenvalue weighted by Crippen LogP contribution is -2.40. The molecule has 0 fully saturated rings. The highest BCUT2D eigenvalue weighted by Crippen LogP contribution is 2.19. The van der Waals surface area contributed by atoms with E-state index in [1.165, 1.54) is 12.1 Å². The van der Waals surface area contributed by atoms with Gasteiger partial charge in [-0.2, -0.15) is 0 Å². The van der Waals surface area contributed by atoms with Crippen molar-refractivity contribution in [3.05, 3.63) is 33.8 Å². The van der Waals surface area contributed by atoms with Crippen LogP contribution in [0.5, 0.6) is 0 Å². The van der Waals surface area contributed by atoms with Gasteiger partial charge in [0, 0.05) is 29.7 Å². The lowest BCUT2D eigenvalue weighted by atomic mass is 10.2. The Bertz CT molecular complexity index is 431. The fourth-order valence-corrected chi connectivity index (χ4v) is 1.97. The lowest BCUT2D eigenvalue weighted by Gasteiger charge is -2.16. The predicted molar refractivity (Wildman–Crippen MR) is 81.2 cm³/mol. The first-order chi connectivity index (χ1) is 8.16. The number of halogens is 4. The summed E-state index contributed by atoms with van der Waals surface area (Å²) in [6.07, 6.45) is 0.978. The first-order valence-corrected chi connectivity index (χ1v) is 6.12. The van der Waals surface area contributed by atoms with Crippen LogP contribution in [0.1, 0.15) is 12.0 Å². The number of nitrogens with zero attached hydrogens (tertiary/aromatic N) is 1. The molecule has 1 aromatic carbocycles. The van der Waals surface area contributed by atoms with Crippen molar-refractivity contribution >= 4 is 45.9 Å². The van der Waals surface area contributed by atoms with Gasteiger partial charge in [0.15, 0.2) is 5.96 Å². The molecule has 0 bridgehead atoms. The van der Waals surface area contributed by atoms with Crippen LogP contribution >= 0.6 is 39.9 Å². The van der Waals surface area contributed by atoms with Gasteiger partial charge in [0.2, 0.25) is 0 Å². The first kappa shape index (κ1) is 15.6. The van der Waals surface area contributed by atoms with E-state index in [2.05, 4.69) is 31.6 Å². The highest BCUT2D eigenvalue weighted by Gasteiger charge is 2.11. The molecule has 1 aromatic rings. The minimum Gasteiger partial charge on any atom is -0.356 e. The van der Waals surface area contributed by atoms with Gasteiger partial charge < -0.3 is 10.6 Å². The van der Waals surface area contributed by atoms with Crippen molar-refractivity contribution in [3.63, 3.8) is 0 Å². The average Bonchev–Trinajstić information content (AvgIpc) is 2.29. The van der Waals surface area contributed by atoms with Crippen LogP contribution in [-0.4, -0.2) is 19.0 Å². The summed E-state index contributed by atoms with van der Waals surface area (Å²) < 4.78 is 27.4. The molecule has 0 atom stereocenters. The second kappa shape index (κ2) is 7.22. The van der Waals surface area contributed by atoms with Crippen molar-refractivity contribution in [2.45, 2.75) is 13.0 Å². The van der Waals surface area contributed by atoms with Crippen LogP contribution < -0.4 is 10.6 Å². The number of guanidine groups is 1. The van der Waals surface area contributed by atoms with Crippen LogP contribution in [0.15, 0.2) is 21.6 Å². The van der Waals surface area contributed by atoms with E-state index in [4.69, 9.17) is 0 Å². The van der Waals surface area contributed by atoms with E-state index >= 15 is 0 Å². The van der Waals surface area contributed by atoms with Gasteiger partial charge in [0.25, 0.3) is 0 Å². The van der Waals surface area contributed by atoms with Crippen molar-refractivity contribution in [2.24, 2.45) is 4.99 Å². The minimum atomic E-state index is -0.569. The average molecular weight is 432 g/mol. The molecule has 1 heterocycles. The zero-order chi connectivity index (χ0) is 12.3. The number of hydrogen-bond acceptors (Lipinski definition) is 3. The monoisotopic (exact) mass is 431 g/mol. The van der Waals surface area contributed by atoms with Gasteiger partial charge in [-0.15, -0.1) is 24.0 Å². The Labute approximate surface area is 130 Å². The number of rotatable bonds is 2. The third-order valence-electron chi connectivity index (χ3n) is 2.44. The molecule has 100 valence electrons. The summed E-state index contributed by atoms with van der Waals surface area (Å²) in [5.41, 5.74) is 0.0169. The van der Waals surface area contributed by atoms with Crippen LogP contribution in [-0.2, 0) is 6.54 Å². The van der Waals surface area contributed by atoms with E-state index in [0.717, 1.165) is 19.5 Å². The van der Waals surface area contributed by atoms with E-state index in [1.54, 1.807) is 0 Å². The molecule has 0 aliphatic carbocycles. The molecule has 0 saturated heterocycles.